The molecule has 0 spiro atoms. The molecule has 3 aromatic rings. The average molecular weight is 370 g/mol. The normalized spacial score (nSPS) is 22.7. The van der Waals surface area contributed by atoms with E-state index in [0.29, 0.717) is 11.5 Å². The van der Waals surface area contributed by atoms with Gasteiger partial charge in [-0.3, -0.25) is 4.98 Å². The van der Waals surface area contributed by atoms with Crippen molar-refractivity contribution in [3.05, 3.63) is 60.4 Å². The van der Waals surface area contributed by atoms with Crippen LogP contribution in [0.1, 0.15) is 12.1 Å². The largest absolute Gasteiger partial charge is 0.394 e. The fourth-order valence-corrected chi connectivity index (χ4v) is 2.87. The number of ether oxygens (including phenoxy) is 2. The van der Waals surface area contributed by atoms with E-state index in [1.807, 2.05) is 12.1 Å². The van der Waals surface area contributed by atoms with Crippen LogP contribution in [-0.2, 0) is 9.47 Å². The number of nitrogens with one attached hydrogen (secondary N) is 1. The van der Waals surface area contributed by atoms with Crippen molar-refractivity contribution < 1.29 is 19.0 Å². The van der Waals surface area contributed by atoms with Crippen LogP contribution < -0.4 is 5.73 Å². The predicted octanol–water partition coefficient (Wildman–Crippen LogP) is 2.01. The summed E-state index contributed by atoms with van der Waals surface area (Å²) in [6.45, 7) is 0.0532. The van der Waals surface area contributed by atoms with Gasteiger partial charge in [0, 0.05) is 23.5 Å². The molecular weight excluding hydrogens is 351 g/mol. The van der Waals surface area contributed by atoms with Crippen LogP contribution in [0, 0.1) is 5.82 Å². The van der Waals surface area contributed by atoms with Crippen molar-refractivity contribution in [1.29, 1.82) is 0 Å². The third-order valence-electron chi connectivity index (χ3n) is 4.39. The number of aromatic nitrogens is 3. The number of rotatable bonds is 4. The summed E-state index contributed by atoms with van der Waals surface area (Å²) in [5.41, 5.74) is 8.07. The number of nitrogens with zero attached hydrogens (tertiary/aromatic N) is 2. The van der Waals surface area contributed by atoms with Crippen LogP contribution in [0.25, 0.3) is 22.5 Å². The molecule has 1 aromatic carbocycles. The molecule has 1 aliphatic heterocycles. The molecule has 1 aliphatic rings. The number of H-pyrrole nitrogens is 1. The van der Waals surface area contributed by atoms with E-state index in [1.165, 1.54) is 12.1 Å². The Morgan fingerprint density at radius 3 is 2.41 bits per heavy atom. The zero-order chi connectivity index (χ0) is 18.9. The summed E-state index contributed by atoms with van der Waals surface area (Å²) in [5.74, 6) is 0.156. The Bertz CT molecular complexity index is 906. The summed E-state index contributed by atoms with van der Waals surface area (Å²) in [4.78, 5) is 11.9. The van der Waals surface area contributed by atoms with Gasteiger partial charge in [0.15, 0.2) is 5.82 Å². The van der Waals surface area contributed by atoms with Gasteiger partial charge in [-0.2, -0.15) is 0 Å². The lowest BCUT2D eigenvalue weighted by molar-refractivity contribution is -0.219. The van der Waals surface area contributed by atoms with Crippen molar-refractivity contribution in [1.82, 2.24) is 15.0 Å². The fraction of sp³-hybridized carbons (Fsp3) is 0.263. The van der Waals surface area contributed by atoms with Crippen molar-refractivity contribution in [2.75, 3.05) is 19.8 Å². The van der Waals surface area contributed by atoms with Crippen LogP contribution in [0.4, 0.5) is 4.39 Å². The zero-order valence-corrected chi connectivity index (χ0v) is 14.4. The minimum atomic E-state index is -0.920. The number of aromatic amines is 1. The quantitative estimate of drug-likeness (QED) is 0.649. The van der Waals surface area contributed by atoms with Gasteiger partial charge in [-0.1, -0.05) is 0 Å². The first kappa shape index (κ1) is 17.7. The highest BCUT2D eigenvalue weighted by molar-refractivity contribution is 5.78. The molecule has 0 bridgehead atoms. The third-order valence-corrected chi connectivity index (χ3v) is 4.39. The standard InChI is InChI=1S/C19H19FN4O3/c20-14-3-1-12(2-4-14)15-16(13-5-7-22-8-6-13)24-17(23-15)18-26-10-19(21,9-25)11-27-18/h1-8,18,25H,9-11,21H2,(H,23,24). The third kappa shape index (κ3) is 3.60. The van der Waals surface area contributed by atoms with E-state index in [9.17, 15) is 9.50 Å². The second kappa shape index (κ2) is 7.16. The molecule has 0 aliphatic carbocycles. The van der Waals surface area contributed by atoms with E-state index in [2.05, 4.69) is 15.0 Å². The molecule has 8 heteroatoms. The Morgan fingerprint density at radius 1 is 1.11 bits per heavy atom. The van der Waals surface area contributed by atoms with Gasteiger partial charge in [0.25, 0.3) is 0 Å². The van der Waals surface area contributed by atoms with Gasteiger partial charge in [0.1, 0.15) is 5.82 Å². The smallest absolute Gasteiger partial charge is 0.217 e. The molecule has 0 atom stereocenters. The highest BCUT2D eigenvalue weighted by Crippen LogP contribution is 2.33. The second-order valence-electron chi connectivity index (χ2n) is 6.56. The van der Waals surface area contributed by atoms with Gasteiger partial charge in [0.05, 0.1) is 36.7 Å². The van der Waals surface area contributed by atoms with Crippen molar-refractivity contribution in [2.45, 2.75) is 11.8 Å². The summed E-state index contributed by atoms with van der Waals surface area (Å²) in [5, 5.41) is 9.33. The maximum atomic E-state index is 13.3. The zero-order valence-electron chi connectivity index (χ0n) is 14.4. The Morgan fingerprint density at radius 2 is 1.78 bits per heavy atom. The van der Waals surface area contributed by atoms with Gasteiger partial charge in [-0.25, -0.2) is 9.37 Å². The average Bonchev–Trinajstić information content (AvgIpc) is 3.15. The molecule has 3 heterocycles. The molecule has 7 nitrogen and oxygen atoms in total. The number of hydrogen-bond donors (Lipinski definition) is 3. The topological polar surface area (TPSA) is 106 Å². The van der Waals surface area contributed by atoms with Crippen LogP contribution in [-0.4, -0.2) is 45.4 Å². The van der Waals surface area contributed by atoms with Crippen LogP contribution in [0.3, 0.4) is 0 Å². The summed E-state index contributed by atoms with van der Waals surface area (Å²) in [6.07, 6.45) is 2.63. The van der Waals surface area contributed by atoms with E-state index < -0.39 is 11.8 Å². The number of nitrogens with two attached hydrogens (primary N) is 1. The summed E-state index contributed by atoms with van der Waals surface area (Å²) < 4.78 is 24.6. The predicted molar refractivity (Wildman–Crippen MR) is 95.9 cm³/mol. The first-order chi connectivity index (χ1) is 13.1. The lowest BCUT2D eigenvalue weighted by atomic mass is 10.1. The van der Waals surface area contributed by atoms with E-state index in [1.54, 1.807) is 24.5 Å². The SMILES string of the molecule is NC1(CO)COC(c2nc(-c3ccc(F)cc3)c(-c3ccncc3)[nH]2)OC1. The number of halogens is 1. The van der Waals surface area contributed by atoms with Gasteiger partial charge >= 0.3 is 0 Å². The molecule has 140 valence electrons. The summed E-state index contributed by atoms with van der Waals surface area (Å²) in [6, 6.07) is 9.81. The lowest BCUT2D eigenvalue weighted by Crippen LogP contribution is -2.55. The first-order valence-corrected chi connectivity index (χ1v) is 8.47. The minimum absolute atomic E-state index is 0.144. The van der Waals surface area contributed by atoms with Crippen molar-refractivity contribution in [3.63, 3.8) is 0 Å². The van der Waals surface area contributed by atoms with Crippen molar-refractivity contribution in [2.24, 2.45) is 5.73 Å². The molecule has 0 saturated carbocycles. The molecule has 1 fully saturated rings. The Kier molecular flexibility index (Phi) is 4.71. The number of aliphatic hydroxyl groups excluding tert-OH is 1. The number of imidazole rings is 1. The van der Waals surface area contributed by atoms with E-state index >= 15 is 0 Å². The van der Waals surface area contributed by atoms with Crippen LogP contribution in [0.15, 0.2) is 48.8 Å². The van der Waals surface area contributed by atoms with Crippen molar-refractivity contribution >= 4 is 0 Å². The highest BCUT2D eigenvalue weighted by Gasteiger charge is 2.35. The molecule has 1 saturated heterocycles. The van der Waals surface area contributed by atoms with E-state index in [-0.39, 0.29) is 25.6 Å². The van der Waals surface area contributed by atoms with Crippen LogP contribution in [0.5, 0.6) is 0 Å². The molecule has 0 radical (unpaired) electrons. The van der Waals surface area contributed by atoms with Gasteiger partial charge < -0.3 is 25.3 Å². The Balaban J connectivity index is 1.71. The molecule has 0 unspecified atom stereocenters. The minimum Gasteiger partial charge on any atom is -0.394 e. The fourth-order valence-electron chi connectivity index (χ4n) is 2.87. The number of pyridine rings is 1. The number of benzene rings is 1. The lowest BCUT2D eigenvalue weighted by Gasteiger charge is -2.34. The summed E-state index contributed by atoms with van der Waals surface area (Å²) in [7, 11) is 0. The molecule has 27 heavy (non-hydrogen) atoms. The first-order valence-electron chi connectivity index (χ1n) is 8.47. The Labute approximate surface area is 155 Å². The molecule has 4 rings (SSSR count). The van der Waals surface area contributed by atoms with Crippen LogP contribution in [0.2, 0.25) is 0 Å². The highest BCUT2D eigenvalue weighted by atomic mass is 19.1. The van der Waals surface area contributed by atoms with Crippen LogP contribution >= 0.6 is 0 Å². The van der Waals surface area contributed by atoms with Gasteiger partial charge in [-0.05, 0) is 36.4 Å². The van der Waals surface area contributed by atoms with Gasteiger partial charge in [0.2, 0.25) is 6.29 Å². The number of aliphatic hydroxyl groups is 1. The molecule has 2 aromatic heterocycles. The number of hydrogen-bond acceptors (Lipinski definition) is 6. The van der Waals surface area contributed by atoms with Gasteiger partial charge in [-0.15, -0.1) is 0 Å². The monoisotopic (exact) mass is 370 g/mol. The second-order valence-corrected chi connectivity index (χ2v) is 6.56. The summed E-state index contributed by atoms with van der Waals surface area (Å²) >= 11 is 0. The van der Waals surface area contributed by atoms with Crippen molar-refractivity contribution in [3.8, 4) is 22.5 Å². The Hall–Kier alpha value is -2.65. The van der Waals surface area contributed by atoms with E-state index in [4.69, 9.17) is 15.2 Å². The molecular formula is C19H19FN4O3. The maximum Gasteiger partial charge on any atom is 0.217 e. The van der Waals surface area contributed by atoms with E-state index in [0.717, 1.165) is 16.8 Å². The molecule has 4 N–H and O–H groups in total. The maximum absolute atomic E-state index is 13.3. The molecule has 0 amide bonds.